The third kappa shape index (κ3) is 2.84. The van der Waals surface area contributed by atoms with Gasteiger partial charge in [0.2, 0.25) is 0 Å². The molecule has 0 aliphatic rings. The zero-order valence-electron chi connectivity index (χ0n) is 10.2. The summed E-state index contributed by atoms with van der Waals surface area (Å²) in [5.41, 5.74) is 1.18. The van der Waals surface area contributed by atoms with E-state index in [0.29, 0.717) is 17.0 Å². The average molecular weight is 251 g/mol. The number of aliphatic hydroxyl groups excluding tert-OH is 1. The summed E-state index contributed by atoms with van der Waals surface area (Å²) in [5.74, 6) is -0.0933. The molecule has 2 aromatic rings. The largest absolute Gasteiger partial charge is 0.487 e. The number of nitrogens with zero attached hydrogens (tertiary/aromatic N) is 3. The van der Waals surface area contributed by atoms with E-state index in [2.05, 4.69) is 10.3 Å². The third-order valence-electron chi connectivity index (χ3n) is 2.45. The number of aliphatic hydroxyl groups is 1. The van der Waals surface area contributed by atoms with E-state index in [4.69, 9.17) is 4.74 Å². The van der Waals surface area contributed by atoms with Crippen molar-refractivity contribution >= 4 is 0 Å². The number of benzene rings is 1. The molecule has 1 aromatic carbocycles. The van der Waals surface area contributed by atoms with Gasteiger partial charge in [-0.3, -0.25) is 4.68 Å². The molecule has 96 valence electrons. The molecule has 0 saturated carbocycles. The van der Waals surface area contributed by atoms with Gasteiger partial charge >= 0.3 is 0 Å². The predicted molar refractivity (Wildman–Crippen MR) is 62.4 cm³/mol. The van der Waals surface area contributed by atoms with Crippen LogP contribution in [0, 0.1) is 5.82 Å². The fourth-order valence-electron chi connectivity index (χ4n) is 1.59. The van der Waals surface area contributed by atoms with Gasteiger partial charge in [0, 0.05) is 18.7 Å². The molecule has 1 heterocycles. The summed E-state index contributed by atoms with van der Waals surface area (Å²) in [5, 5.41) is 17.2. The number of ether oxygens (including phenoxy) is 1. The first-order valence-corrected chi connectivity index (χ1v) is 5.52. The Bertz CT molecular complexity index is 540. The van der Waals surface area contributed by atoms with E-state index in [1.165, 1.54) is 18.2 Å². The van der Waals surface area contributed by atoms with Gasteiger partial charge in [0.15, 0.2) is 0 Å². The Balaban J connectivity index is 2.15. The Labute approximate surface area is 104 Å². The summed E-state index contributed by atoms with van der Waals surface area (Å²) in [7, 11) is 1.75. The molecule has 0 saturated heterocycles. The summed E-state index contributed by atoms with van der Waals surface area (Å²) in [6, 6.07) is 4.04. The number of hydrogen-bond donors (Lipinski definition) is 1. The van der Waals surface area contributed by atoms with E-state index in [-0.39, 0.29) is 6.61 Å². The van der Waals surface area contributed by atoms with Crippen LogP contribution in [0.1, 0.15) is 24.3 Å². The van der Waals surface area contributed by atoms with Gasteiger partial charge in [-0.05, 0) is 19.1 Å². The van der Waals surface area contributed by atoms with Crippen LogP contribution in [0.5, 0.6) is 5.75 Å². The zero-order valence-corrected chi connectivity index (χ0v) is 10.2. The zero-order chi connectivity index (χ0) is 13.1. The third-order valence-corrected chi connectivity index (χ3v) is 2.45. The summed E-state index contributed by atoms with van der Waals surface area (Å²) in [6.07, 6.45) is 0.990. The Hall–Kier alpha value is -1.95. The summed E-state index contributed by atoms with van der Waals surface area (Å²) >= 11 is 0. The second kappa shape index (κ2) is 5.14. The maximum atomic E-state index is 13.1. The van der Waals surface area contributed by atoms with Crippen LogP contribution in [0.15, 0.2) is 24.4 Å². The van der Waals surface area contributed by atoms with E-state index < -0.39 is 11.9 Å². The molecule has 0 unspecified atom stereocenters. The Morgan fingerprint density at radius 3 is 2.89 bits per heavy atom. The maximum absolute atomic E-state index is 13.1. The number of aryl methyl sites for hydroxylation is 1. The van der Waals surface area contributed by atoms with E-state index in [1.807, 2.05) is 0 Å². The van der Waals surface area contributed by atoms with Crippen molar-refractivity contribution in [1.29, 1.82) is 0 Å². The normalized spacial score (nSPS) is 12.4. The van der Waals surface area contributed by atoms with Crippen molar-refractivity contribution in [3.05, 3.63) is 41.5 Å². The first kappa shape index (κ1) is 12.5. The summed E-state index contributed by atoms with van der Waals surface area (Å²) in [4.78, 5) is 0. The van der Waals surface area contributed by atoms with Gasteiger partial charge in [0.25, 0.3) is 0 Å². The first-order valence-electron chi connectivity index (χ1n) is 5.52. The maximum Gasteiger partial charge on any atom is 0.134 e. The Morgan fingerprint density at radius 1 is 1.50 bits per heavy atom. The topological polar surface area (TPSA) is 60.2 Å². The number of hydrogen-bond acceptors (Lipinski definition) is 4. The van der Waals surface area contributed by atoms with Crippen LogP contribution in [0.4, 0.5) is 4.39 Å². The van der Waals surface area contributed by atoms with Crippen LogP contribution < -0.4 is 4.74 Å². The van der Waals surface area contributed by atoms with Gasteiger partial charge in [-0.1, -0.05) is 5.21 Å². The van der Waals surface area contributed by atoms with Crippen molar-refractivity contribution in [3.63, 3.8) is 0 Å². The highest BCUT2D eigenvalue weighted by atomic mass is 19.1. The molecular weight excluding hydrogens is 237 g/mol. The number of halogens is 1. The molecule has 1 N–H and O–H groups in total. The van der Waals surface area contributed by atoms with Crippen molar-refractivity contribution in [1.82, 2.24) is 15.0 Å². The minimum absolute atomic E-state index is 0.178. The lowest BCUT2D eigenvalue weighted by Gasteiger charge is -2.12. The fourth-order valence-corrected chi connectivity index (χ4v) is 1.59. The highest BCUT2D eigenvalue weighted by molar-refractivity contribution is 5.35. The quantitative estimate of drug-likeness (QED) is 0.896. The van der Waals surface area contributed by atoms with Gasteiger partial charge in [0.1, 0.15) is 23.9 Å². The molecule has 1 atom stereocenters. The summed E-state index contributed by atoms with van der Waals surface area (Å²) < 4.78 is 20.2. The van der Waals surface area contributed by atoms with Gasteiger partial charge < -0.3 is 9.84 Å². The molecule has 6 heteroatoms. The summed E-state index contributed by atoms with van der Waals surface area (Å²) in [6.45, 7) is 1.78. The molecule has 0 spiro atoms. The van der Waals surface area contributed by atoms with Gasteiger partial charge in [-0.25, -0.2) is 4.39 Å². The Kier molecular flexibility index (Phi) is 3.57. The van der Waals surface area contributed by atoms with E-state index >= 15 is 0 Å². The van der Waals surface area contributed by atoms with Crippen molar-refractivity contribution in [2.75, 3.05) is 0 Å². The van der Waals surface area contributed by atoms with E-state index in [0.717, 1.165) is 0 Å². The molecule has 1 aromatic heterocycles. The predicted octanol–water partition coefficient (Wildman–Crippen LogP) is 1.59. The van der Waals surface area contributed by atoms with Gasteiger partial charge in [0.05, 0.1) is 12.3 Å². The van der Waals surface area contributed by atoms with E-state index in [9.17, 15) is 9.50 Å². The lowest BCUT2D eigenvalue weighted by atomic mass is 10.1. The molecular formula is C12H14FN3O2. The smallest absolute Gasteiger partial charge is 0.134 e. The van der Waals surface area contributed by atoms with Crippen LogP contribution in [0.25, 0.3) is 0 Å². The second-order valence-electron chi connectivity index (χ2n) is 4.03. The lowest BCUT2D eigenvalue weighted by Crippen LogP contribution is -2.02. The van der Waals surface area contributed by atoms with Crippen LogP contribution in [-0.4, -0.2) is 20.1 Å². The Morgan fingerprint density at radius 2 is 2.28 bits per heavy atom. The fraction of sp³-hybridized carbons (Fsp3) is 0.333. The molecule has 0 fully saturated rings. The van der Waals surface area contributed by atoms with Crippen molar-refractivity contribution in [2.24, 2.45) is 7.05 Å². The van der Waals surface area contributed by atoms with Crippen molar-refractivity contribution in [2.45, 2.75) is 19.6 Å². The molecule has 2 rings (SSSR count). The second-order valence-corrected chi connectivity index (χ2v) is 4.03. The minimum atomic E-state index is -0.720. The van der Waals surface area contributed by atoms with Crippen molar-refractivity contribution in [3.8, 4) is 5.75 Å². The highest BCUT2D eigenvalue weighted by Crippen LogP contribution is 2.26. The van der Waals surface area contributed by atoms with Gasteiger partial charge in [-0.15, -0.1) is 5.10 Å². The monoisotopic (exact) mass is 251 g/mol. The first-order chi connectivity index (χ1) is 8.56. The van der Waals surface area contributed by atoms with Crippen LogP contribution >= 0.6 is 0 Å². The van der Waals surface area contributed by atoms with Crippen molar-refractivity contribution < 1.29 is 14.2 Å². The number of rotatable bonds is 4. The molecule has 0 aliphatic heterocycles. The van der Waals surface area contributed by atoms with Crippen LogP contribution in [0.3, 0.4) is 0 Å². The lowest BCUT2D eigenvalue weighted by molar-refractivity contribution is 0.189. The molecule has 5 nitrogen and oxygen atoms in total. The average Bonchev–Trinajstić information content (AvgIpc) is 2.72. The SMILES string of the molecule is C[C@@H](O)c1ccc(F)cc1OCc1cn(C)nn1. The molecule has 0 radical (unpaired) electrons. The molecule has 0 aliphatic carbocycles. The standard InChI is InChI=1S/C12H14FN3O2/c1-8(17)11-4-3-9(13)5-12(11)18-7-10-6-16(2)15-14-10/h3-6,8,17H,7H2,1-2H3/t8-/m1/s1. The van der Waals surface area contributed by atoms with Crippen LogP contribution in [-0.2, 0) is 13.7 Å². The van der Waals surface area contributed by atoms with E-state index in [1.54, 1.807) is 24.9 Å². The van der Waals surface area contributed by atoms with Gasteiger partial charge in [-0.2, -0.15) is 0 Å². The molecule has 0 bridgehead atoms. The molecule has 18 heavy (non-hydrogen) atoms. The highest BCUT2D eigenvalue weighted by Gasteiger charge is 2.11. The van der Waals surface area contributed by atoms with Crippen LogP contribution in [0.2, 0.25) is 0 Å². The number of aromatic nitrogens is 3. The molecule has 0 amide bonds. The minimum Gasteiger partial charge on any atom is -0.487 e.